The maximum absolute atomic E-state index is 11.2. The van der Waals surface area contributed by atoms with Crippen molar-refractivity contribution in [1.29, 1.82) is 0 Å². The molecule has 0 aromatic rings. The minimum atomic E-state index is -3.90. The van der Waals surface area contributed by atoms with Crippen LogP contribution in [0.1, 0.15) is 41.5 Å². The van der Waals surface area contributed by atoms with E-state index < -0.39 is 21.6 Å². The van der Waals surface area contributed by atoms with Crippen LogP contribution in [-0.4, -0.2) is 24.8 Å². The lowest BCUT2D eigenvalue weighted by Crippen LogP contribution is -2.31. The van der Waals surface area contributed by atoms with E-state index in [2.05, 4.69) is 0 Å². The first-order valence-corrected chi connectivity index (χ1v) is 5.79. The second kappa shape index (κ2) is 6.12. The maximum atomic E-state index is 11.2. The van der Waals surface area contributed by atoms with Crippen molar-refractivity contribution >= 4 is 10.4 Å². The molecule has 0 radical (unpaired) electrons. The highest BCUT2D eigenvalue weighted by atomic mass is 32.3. The van der Waals surface area contributed by atoms with Gasteiger partial charge in [-0.3, -0.25) is 0 Å². The Hall–Kier alpha value is -0.730. The molecule has 16 heavy (non-hydrogen) atoms. The van der Waals surface area contributed by atoms with Crippen LogP contribution in [0.15, 0.2) is 5.34 Å². The van der Waals surface area contributed by atoms with Gasteiger partial charge in [-0.1, -0.05) is 0 Å². The summed E-state index contributed by atoms with van der Waals surface area (Å²) in [5.74, 6) is 0. The summed E-state index contributed by atoms with van der Waals surface area (Å²) in [5, 5.41) is 7.89. The molecule has 0 saturated heterocycles. The highest BCUT2D eigenvalue weighted by molar-refractivity contribution is 7.81. The summed E-state index contributed by atoms with van der Waals surface area (Å²) in [4.78, 5) is 8.11. The zero-order chi connectivity index (χ0) is 13.6. The van der Waals surface area contributed by atoms with Crippen molar-refractivity contribution < 1.29 is 22.0 Å². The fourth-order valence-corrected chi connectivity index (χ4v) is 1.89. The van der Waals surface area contributed by atoms with Crippen LogP contribution in [0, 0.1) is 4.91 Å². The molecule has 8 heteroatoms. The molecule has 0 atom stereocenters. The van der Waals surface area contributed by atoms with Crippen molar-refractivity contribution in [2.75, 3.05) is 0 Å². The van der Waals surface area contributed by atoms with Crippen molar-refractivity contribution in [1.82, 2.24) is 0 Å². The molecule has 7 nitrogen and oxygen atoms in total. The normalized spacial score (nSPS) is 12.6. The Morgan fingerprint density at radius 3 is 1.25 bits per heavy atom. The molecule has 0 aliphatic rings. The smallest absolute Gasteiger partial charge is 0.379 e. The van der Waals surface area contributed by atoms with Crippen LogP contribution in [0.4, 0.5) is 0 Å². The summed E-state index contributed by atoms with van der Waals surface area (Å²) in [5.41, 5.74) is -1.52. The Balaban J connectivity index is 0. The SMILES string of the molecule is CC(C)(C)OS(=O)(=O)OC(C)(C)C.O=NO. The first-order chi connectivity index (χ1) is 6.83. The Morgan fingerprint density at radius 2 is 1.12 bits per heavy atom. The first-order valence-electron chi connectivity index (χ1n) is 4.46. The third-order valence-electron chi connectivity index (χ3n) is 0.704. The molecule has 0 spiro atoms. The first kappa shape index (κ1) is 17.7. The summed E-state index contributed by atoms with van der Waals surface area (Å²) < 4.78 is 31.9. The molecule has 1 N–H and O–H groups in total. The van der Waals surface area contributed by atoms with E-state index in [4.69, 9.17) is 18.5 Å². The van der Waals surface area contributed by atoms with Crippen molar-refractivity contribution in [2.45, 2.75) is 52.7 Å². The van der Waals surface area contributed by atoms with Crippen molar-refractivity contribution in [3.8, 4) is 0 Å². The molecule has 0 unspecified atom stereocenters. The molecule has 0 amide bonds. The Kier molecular flexibility index (Phi) is 6.75. The van der Waals surface area contributed by atoms with E-state index in [1.54, 1.807) is 41.5 Å². The monoisotopic (exact) mass is 257 g/mol. The van der Waals surface area contributed by atoms with E-state index in [0.717, 1.165) is 0 Å². The highest BCUT2D eigenvalue weighted by Gasteiger charge is 2.27. The molecular formula is C8H19NO6S. The van der Waals surface area contributed by atoms with Crippen LogP contribution in [0.3, 0.4) is 0 Å². The molecule has 0 aliphatic heterocycles. The molecule has 0 saturated carbocycles. The average Bonchev–Trinajstić information content (AvgIpc) is 1.73. The summed E-state index contributed by atoms with van der Waals surface area (Å²) >= 11 is 0. The summed E-state index contributed by atoms with van der Waals surface area (Å²) in [7, 11) is -3.90. The van der Waals surface area contributed by atoms with Crippen LogP contribution in [-0.2, 0) is 18.8 Å². The predicted molar refractivity (Wildman–Crippen MR) is 58.2 cm³/mol. The fraction of sp³-hybridized carbons (Fsp3) is 1.00. The van der Waals surface area contributed by atoms with Gasteiger partial charge in [0.1, 0.15) is 0 Å². The Labute approximate surface area is 96.0 Å². The number of hydrogen-bond donors (Lipinski definition) is 1. The van der Waals surface area contributed by atoms with Gasteiger partial charge in [0.15, 0.2) is 5.34 Å². The minimum absolute atomic E-state index is 0.760. The third kappa shape index (κ3) is 15.7. The van der Waals surface area contributed by atoms with Gasteiger partial charge in [0.05, 0.1) is 11.2 Å². The van der Waals surface area contributed by atoms with Gasteiger partial charge in [-0.25, -0.2) is 8.37 Å². The lowest BCUT2D eigenvalue weighted by atomic mass is 10.2. The lowest BCUT2D eigenvalue weighted by Gasteiger charge is -2.23. The quantitative estimate of drug-likeness (QED) is 0.599. The van der Waals surface area contributed by atoms with Crippen LogP contribution in [0.25, 0.3) is 0 Å². The molecule has 0 aromatic heterocycles. The van der Waals surface area contributed by atoms with Gasteiger partial charge >= 0.3 is 10.4 Å². The standard InChI is InChI=1S/C8H18O4S.HNO2/c1-7(2,3)11-13(9,10)12-8(4,5)6;2-1-3/h1-6H3;(H,2,3). The zero-order valence-corrected chi connectivity index (χ0v) is 11.2. The average molecular weight is 257 g/mol. The van der Waals surface area contributed by atoms with Gasteiger partial charge in [0.25, 0.3) is 0 Å². The second-order valence-corrected chi connectivity index (χ2v) is 6.03. The summed E-state index contributed by atoms with van der Waals surface area (Å²) in [6.07, 6.45) is 0. The van der Waals surface area contributed by atoms with Crippen molar-refractivity contribution in [3.05, 3.63) is 4.91 Å². The van der Waals surface area contributed by atoms with Crippen LogP contribution >= 0.6 is 0 Å². The van der Waals surface area contributed by atoms with Gasteiger partial charge in [-0.2, -0.15) is 8.42 Å². The topological polar surface area (TPSA) is 102 Å². The van der Waals surface area contributed by atoms with E-state index in [1.165, 1.54) is 5.34 Å². The minimum Gasteiger partial charge on any atom is -0.379 e. The van der Waals surface area contributed by atoms with Gasteiger partial charge in [0, 0.05) is 0 Å². The molecule has 0 aliphatic carbocycles. The predicted octanol–water partition coefficient (Wildman–Crippen LogP) is 2.00. The van der Waals surface area contributed by atoms with E-state index >= 15 is 0 Å². The second-order valence-electron chi connectivity index (χ2n) is 4.88. The van der Waals surface area contributed by atoms with Gasteiger partial charge in [-0.05, 0) is 41.5 Å². The molecular weight excluding hydrogens is 238 g/mol. The van der Waals surface area contributed by atoms with Gasteiger partial charge in [0.2, 0.25) is 0 Å². The van der Waals surface area contributed by atoms with Crippen molar-refractivity contribution in [2.24, 2.45) is 5.34 Å². The molecule has 0 aromatic carbocycles. The third-order valence-corrected chi connectivity index (χ3v) is 2.11. The zero-order valence-electron chi connectivity index (χ0n) is 10.3. The van der Waals surface area contributed by atoms with Crippen molar-refractivity contribution in [3.63, 3.8) is 0 Å². The Morgan fingerprint density at radius 1 is 0.938 bits per heavy atom. The largest absolute Gasteiger partial charge is 0.400 e. The number of rotatable bonds is 2. The molecule has 0 heterocycles. The van der Waals surface area contributed by atoms with E-state index in [1.807, 2.05) is 0 Å². The maximum Gasteiger partial charge on any atom is 0.400 e. The summed E-state index contributed by atoms with van der Waals surface area (Å²) in [6, 6.07) is 0. The van der Waals surface area contributed by atoms with Crippen LogP contribution < -0.4 is 0 Å². The number of nitrogens with zero attached hydrogens (tertiary/aromatic N) is 1. The fourth-order valence-electron chi connectivity index (χ4n) is 0.629. The highest BCUT2D eigenvalue weighted by Crippen LogP contribution is 2.18. The van der Waals surface area contributed by atoms with E-state index in [9.17, 15) is 8.42 Å². The Bertz CT molecular complexity index is 275. The van der Waals surface area contributed by atoms with E-state index in [0.29, 0.717) is 0 Å². The van der Waals surface area contributed by atoms with Crippen LogP contribution in [0.2, 0.25) is 0 Å². The molecule has 0 bridgehead atoms. The van der Waals surface area contributed by atoms with Gasteiger partial charge < -0.3 is 5.21 Å². The molecule has 0 rings (SSSR count). The molecule has 98 valence electrons. The molecule has 0 fully saturated rings. The summed E-state index contributed by atoms with van der Waals surface area (Å²) in [6.45, 7) is 9.90. The lowest BCUT2D eigenvalue weighted by molar-refractivity contribution is 0.0593. The van der Waals surface area contributed by atoms with Crippen LogP contribution in [0.5, 0.6) is 0 Å². The van der Waals surface area contributed by atoms with Gasteiger partial charge in [-0.15, -0.1) is 4.91 Å². The number of hydrogen-bond acceptors (Lipinski definition) is 6. The van der Waals surface area contributed by atoms with E-state index in [-0.39, 0.29) is 0 Å².